The number of aryl methyl sites for hydroxylation is 1. The summed E-state index contributed by atoms with van der Waals surface area (Å²) in [4.78, 5) is 25.9. The van der Waals surface area contributed by atoms with Crippen molar-refractivity contribution in [2.24, 2.45) is 0 Å². The second-order valence-corrected chi connectivity index (χ2v) is 6.99. The molecule has 0 unspecified atom stereocenters. The van der Waals surface area contributed by atoms with Gasteiger partial charge in [-0.2, -0.15) is 0 Å². The average Bonchev–Trinajstić information content (AvgIpc) is 2.36. The third-order valence-corrected chi connectivity index (χ3v) is 4.53. The van der Waals surface area contributed by atoms with Gasteiger partial charge in [0.15, 0.2) is 5.78 Å². The van der Waals surface area contributed by atoms with Crippen LogP contribution in [-0.4, -0.2) is 28.7 Å². The number of amides is 1. The average molecular weight is 338 g/mol. The van der Waals surface area contributed by atoms with Crippen molar-refractivity contribution in [2.75, 3.05) is 6.54 Å². The van der Waals surface area contributed by atoms with Crippen LogP contribution in [-0.2, 0) is 16.0 Å². The molecule has 1 saturated heterocycles. The van der Waals surface area contributed by atoms with Gasteiger partial charge in [0.1, 0.15) is 0 Å². The fraction of sp³-hybridized carbons (Fsp3) is 0.500. The Balaban J connectivity index is 2.18. The van der Waals surface area contributed by atoms with E-state index in [1.54, 1.807) is 4.90 Å². The third-order valence-electron chi connectivity index (χ3n) is 4.03. The predicted octanol–water partition coefficient (Wildman–Crippen LogP) is 3.27. The van der Waals surface area contributed by atoms with E-state index in [0.717, 1.165) is 22.0 Å². The SMILES string of the molecule is Cc1ccc(Br)cc1CC(=O)N1CC(=O)CCC1(C)C. The Hall–Kier alpha value is -1.16. The van der Waals surface area contributed by atoms with E-state index in [0.29, 0.717) is 12.8 Å². The first-order valence-corrected chi connectivity index (χ1v) is 7.66. The summed E-state index contributed by atoms with van der Waals surface area (Å²) >= 11 is 3.44. The van der Waals surface area contributed by atoms with Gasteiger partial charge in [-0.25, -0.2) is 0 Å². The van der Waals surface area contributed by atoms with E-state index < -0.39 is 0 Å². The van der Waals surface area contributed by atoms with Gasteiger partial charge in [0.05, 0.1) is 13.0 Å². The normalized spacial score (nSPS) is 18.2. The number of piperidine rings is 1. The van der Waals surface area contributed by atoms with Crippen LogP contribution in [0.15, 0.2) is 22.7 Å². The van der Waals surface area contributed by atoms with E-state index >= 15 is 0 Å². The summed E-state index contributed by atoms with van der Waals surface area (Å²) in [7, 11) is 0. The number of carbonyl (C=O) groups excluding carboxylic acids is 2. The van der Waals surface area contributed by atoms with Crippen molar-refractivity contribution in [2.45, 2.75) is 45.6 Å². The number of nitrogens with zero attached hydrogens (tertiary/aromatic N) is 1. The Kier molecular flexibility index (Phi) is 4.33. The highest BCUT2D eigenvalue weighted by molar-refractivity contribution is 9.10. The molecule has 0 spiro atoms. The van der Waals surface area contributed by atoms with Gasteiger partial charge >= 0.3 is 0 Å². The van der Waals surface area contributed by atoms with E-state index in [9.17, 15) is 9.59 Å². The van der Waals surface area contributed by atoms with Gasteiger partial charge in [-0.05, 0) is 50.5 Å². The maximum Gasteiger partial charge on any atom is 0.227 e. The smallest absolute Gasteiger partial charge is 0.227 e. The maximum atomic E-state index is 12.6. The van der Waals surface area contributed by atoms with Crippen LogP contribution >= 0.6 is 15.9 Å². The van der Waals surface area contributed by atoms with E-state index in [-0.39, 0.29) is 23.8 Å². The summed E-state index contributed by atoms with van der Waals surface area (Å²) in [6.07, 6.45) is 1.67. The number of ketones is 1. The monoisotopic (exact) mass is 337 g/mol. The summed E-state index contributed by atoms with van der Waals surface area (Å²) in [5.41, 5.74) is 1.88. The van der Waals surface area contributed by atoms with Gasteiger partial charge in [-0.3, -0.25) is 9.59 Å². The van der Waals surface area contributed by atoms with Crippen LogP contribution in [0.1, 0.15) is 37.8 Å². The summed E-state index contributed by atoms with van der Waals surface area (Å²) in [5.74, 6) is 0.188. The van der Waals surface area contributed by atoms with E-state index in [1.165, 1.54) is 0 Å². The molecule has 1 amide bonds. The van der Waals surface area contributed by atoms with Crippen LogP contribution in [0.3, 0.4) is 0 Å². The predicted molar refractivity (Wildman–Crippen MR) is 82.6 cm³/mol. The molecule has 20 heavy (non-hydrogen) atoms. The fourth-order valence-electron chi connectivity index (χ4n) is 2.56. The van der Waals surface area contributed by atoms with Gasteiger partial charge in [0, 0.05) is 16.4 Å². The molecule has 0 radical (unpaired) electrons. The Morgan fingerprint density at radius 2 is 2.10 bits per heavy atom. The van der Waals surface area contributed by atoms with Crippen molar-refractivity contribution in [3.63, 3.8) is 0 Å². The van der Waals surface area contributed by atoms with E-state index in [1.807, 2.05) is 39.0 Å². The van der Waals surface area contributed by atoms with Crippen LogP contribution in [0.25, 0.3) is 0 Å². The second kappa shape index (κ2) is 5.68. The molecule has 0 aromatic heterocycles. The van der Waals surface area contributed by atoms with Crippen LogP contribution in [0.4, 0.5) is 0 Å². The number of rotatable bonds is 2. The molecule has 1 aliphatic heterocycles. The molecule has 1 heterocycles. The molecule has 1 aromatic carbocycles. The molecule has 1 aromatic rings. The van der Waals surface area contributed by atoms with Crippen molar-refractivity contribution in [1.29, 1.82) is 0 Å². The highest BCUT2D eigenvalue weighted by Crippen LogP contribution is 2.27. The molecule has 1 aliphatic rings. The first-order chi connectivity index (χ1) is 9.29. The summed E-state index contributed by atoms with van der Waals surface area (Å²) in [5, 5.41) is 0. The number of halogens is 1. The first kappa shape index (κ1) is 15.2. The van der Waals surface area contributed by atoms with Crippen LogP contribution < -0.4 is 0 Å². The number of Topliss-reactive ketones (excluding diaryl/α,β-unsaturated/α-hetero) is 1. The lowest BCUT2D eigenvalue weighted by atomic mass is 9.89. The number of carbonyl (C=O) groups is 2. The Morgan fingerprint density at radius 3 is 2.80 bits per heavy atom. The lowest BCUT2D eigenvalue weighted by Gasteiger charge is -2.42. The van der Waals surface area contributed by atoms with Gasteiger partial charge < -0.3 is 4.90 Å². The molecule has 2 rings (SSSR count). The van der Waals surface area contributed by atoms with Crippen molar-refractivity contribution in [3.8, 4) is 0 Å². The fourth-order valence-corrected chi connectivity index (χ4v) is 2.97. The van der Waals surface area contributed by atoms with Crippen LogP contribution in [0.5, 0.6) is 0 Å². The lowest BCUT2D eigenvalue weighted by Crippen LogP contribution is -2.54. The molecule has 1 fully saturated rings. The maximum absolute atomic E-state index is 12.6. The standard InChI is InChI=1S/C16H20BrNO2/c1-11-4-5-13(17)8-12(11)9-15(20)18-10-14(19)6-7-16(18,2)3/h4-5,8H,6-7,9-10H2,1-3H3. The van der Waals surface area contributed by atoms with Gasteiger partial charge in [-0.1, -0.05) is 22.0 Å². The van der Waals surface area contributed by atoms with Crippen molar-refractivity contribution in [1.82, 2.24) is 4.90 Å². The molecule has 0 N–H and O–H groups in total. The summed E-state index contributed by atoms with van der Waals surface area (Å²) in [6, 6.07) is 5.95. The minimum atomic E-state index is -0.231. The Labute approximate surface area is 128 Å². The zero-order chi connectivity index (χ0) is 14.9. The van der Waals surface area contributed by atoms with Crippen LogP contribution in [0.2, 0.25) is 0 Å². The van der Waals surface area contributed by atoms with E-state index in [4.69, 9.17) is 0 Å². The molecular weight excluding hydrogens is 318 g/mol. The Bertz CT molecular complexity index is 551. The second-order valence-electron chi connectivity index (χ2n) is 6.08. The first-order valence-electron chi connectivity index (χ1n) is 6.87. The van der Waals surface area contributed by atoms with Crippen LogP contribution in [0, 0.1) is 6.92 Å². The minimum absolute atomic E-state index is 0.0317. The molecular formula is C16H20BrNO2. The highest BCUT2D eigenvalue weighted by atomic mass is 79.9. The summed E-state index contributed by atoms with van der Waals surface area (Å²) in [6.45, 7) is 6.32. The molecule has 3 nitrogen and oxygen atoms in total. The van der Waals surface area contributed by atoms with Crippen molar-refractivity contribution < 1.29 is 9.59 Å². The number of benzene rings is 1. The molecule has 0 saturated carbocycles. The van der Waals surface area contributed by atoms with Gasteiger partial charge in [0.2, 0.25) is 5.91 Å². The number of likely N-dealkylation sites (tertiary alicyclic amines) is 1. The van der Waals surface area contributed by atoms with Gasteiger partial charge in [0.25, 0.3) is 0 Å². The summed E-state index contributed by atoms with van der Waals surface area (Å²) < 4.78 is 0.972. The minimum Gasteiger partial charge on any atom is -0.330 e. The largest absolute Gasteiger partial charge is 0.330 e. The quantitative estimate of drug-likeness (QED) is 0.830. The third kappa shape index (κ3) is 3.29. The topological polar surface area (TPSA) is 37.4 Å². The zero-order valence-electron chi connectivity index (χ0n) is 12.2. The lowest BCUT2D eigenvalue weighted by molar-refractivity contribution is -0.144. The Morgan fingerprint density at radius 1 is 1.40 bits per heavy atom. The number of hydrogen-bond donors (Lipinski definition) is 0. The van der Waals surface area contributed by atoms with Gasteiger partial charge in [-0.15, -0.1) is 0 Å². The highest BCUT2D eigenvalue weighted by Gasteiger charge is 2.36. The molecule has 0 atom stereocenters. The molecule has 108 valence electrons. The van der Waals surface area contributed by atoms with E-state index in [2.05, 4.69) is 15.9 Å². The van der Waals surface area contributed by atoms with Crippen molar-refractivity contribution >= 4 is 27.6 Å². The molecule has 0 bridgehead atoms. The molecule has 0 aliphatic carbocycles. The molecule has 4 heteroatoms. The zero-order valence-corrected chi connectivity index (χ0v) is 13.8. The van der Waals surface area contributed by atoms with Crippen molar-refractivity contribution in [3.05, 3.63) is 33.8 Å². The number of hydrogen-bond acceptors (Lipinski definition) is 2.